The smallest absolute Gasteiger partial charge is 0.0690 e. The van der Waals surface area contributed by atoms with Crippen molar-refractivity contribution >= 4 is 0 Å². The summed E-state index contributed by atoms with van der Waals surface area (Å²) < 4.78 is 1.90. The van der Waals surface area contributed by atoms with E-state index in [0.29, 0.717) is 0 Å². The Balaban J connectivity index is 2.27. The van der Waals surface area contributed by atoms with E-state index in [1.807, 2.05) is 30.9 Å². The van der Waals surface area contributed by atoms with Gasteiger partial charge in [-0.25, -0.2) is 0 Å². The Labute approximate surface area is 113 Å². The van der Waals surface area contributed by atoms with Crippen LogP contribution in [0.25, 0.3) is 0 Å². The second-order valence-corrected chi connectivity index (χ2v) is 4.73. The second kappa shape index (κ2) is 5.95. The van der Waals surface area contributed by atoms with Crippen LogP contribution < -0.4 is 11.3 Å². The molecule has 1 unspecified atom stereocenters. The normalized spacial score (nSPS) is 12.6. The number of nitrogens with zero attached hydrogens (tertiary/aromatic N) is 3. The minimum absolute atomic E-state index is 0.00551. The van der Waals surface area contributed by atoms with E-state index < -0.39 is 0 Å². The van der Waals surface area contributed by atoms with Crippen LogP contribution in [0.1, 0.15) is 35.6 Å². The summed E-state index contributed by atoms with van der Waals surface area (Å²) in [7, 11) is 1.95. The van der Waals surface area contributed by atoms with Crippen molar-refractivity contribution in [3.8, 4) is 0 Å². The summed E-state index contributed by atoms with van der Waals surface area (Å²) in [4.78, 5) is 4.48. The topological polar surface area (TPSA) is 68.8 Å². The van der Waals surface area contributed by atoms with Crippen LogP contribution >= 0.6 is 0 Å². The molecule has 0 fully saturated rings. The molecule has 0 saturated carbocycles. The lowest BCUT2D eigenvalue weighted by Crippen LogP contribution is -2.31. The lowest BCUT2D eigenvalue weighted by atomic mass is 10.0. The van der Waals surface area contributed by atoms with Gasteiger partial charge in [-0.05, 0) is 31.0 Å². The molecule has 3 N–H and O–H groups in total. The highest BCUT2D eigenvalue weighted by Gasteiger charge is 2.17. The molecule has 2 aromatic heterocycles. The van der Waals surface area contributed by atoms with Gasteiger partial charge >= 0.3 is 0 Å². The summed E-state index contributed by atoms with van der Waals surface area (Å²) in [5, 5.41) is 4.36. The first-order valence-corrected chi connectivity index (χ1v) is 6.55. The molecule has 0 aromatic carbocycles. The van der Waals surface area contributed by atoms with Crippen LogP contribution in [0.3, 0.4) is 0 Å². The maximum atomic E-state index is 5.71. The minimum atomic E-state index is 0.00551. The van der Waals surface area contributed by atoms with Crippen molar-refractivity contribution in [2.45, 2.75) is 32.7 Å². The van der Waals surface area contributed by atoms with Gasteiger partial charge in [-0.2, -0.15) is 5.10 Å². The van der Waals surface area contributed by atoms with Gasteiger partial charge in [0, 0.05) is 25.4 Å². The quantitative estimate of drug-likeness (QED) is 0.629. The molecule has 1 atom stereocenters. The van der Waals surface area contributed by atoms with E-state index in [2.05, 4.69) is 34.6 Å². The molecule has 0 amide bonds. The van der Waals surface area contributed by atoms with Crippen LogP contribution in [-0.2, 0) is 19.9 Å². The first-order chi connectivity index (χ1) is 9.15. The lowest BCUT2D eigenvalue weighted by molar-refractivity contribution is 0.514. The number of nitrogens with one attached hydrogen (secondary N) is 1. The summed E-state index contributed by atoms with van der Waals surface area (Å²) in [5.41, 5.74) is 7.29. The Kier molecular flexibility index (Phi) is 4.29. The van der Waals surface area contributed by atoms with Crippen molar-refractivity contribution in [2.24, 2.45) is 12.9 Å². The Bertz CT molecular complexity index is 547. The van der Waals surface area contributed by atoms with E-state index in [1.165, 1.54) is 5.56 Å². The number of nitrogens with two attached hydrogens (primary N) is 1. The Morgan fingerprint density at radius 2 is 2.26 bits per heavy atom. The van der Waals surface area contributed by atoms with Crippen molar-refractivity contribution < 1.29 is 0 Å². The maximum absolute atomic E-state index is 5.71. The summed E-state index contributed by atoms with van der Waals surface area (Å²) in [6.45, 7) is 4.12. The minimum Gasteiger partial charge on any atom is -0.272 e. The predicted octanol–water partition coefficient (Wildman–Crippen LogP) is 1.43. The standard InChI is InChI=1S/C14H21N5/c1-4-11-6-5-7-16-14(11)13(17-15)9-12-8-10(2)18-19(12)3/h5-8,13,17H,4,9,15H2,1-3H3. The predicted molar refractivity (Wildman–Crippen MR) is 75.3 cm³/mol. The molecule has 5 heteroatoms. The number of aryl methyl sites for hydroxylation is 3. The maximum Gasteiger partial charge on any atom is 0.0690 e. The summed E-state index contributed by atoms with van der Waals surface area (Å²) in [6.07, 6.45) is 3.54. The number of rotatable bonds is 5. The SMILES string of the molecule is CCc1cccnc1C(Cc1cc(C)nn1C)NN. The third kappa shape index (κ3) is 3.00. The number of hydrogen-bond donors (Lipinski definition) is 2. The zero-order chi connectivity index (χ0) is 13.8. The van der Waals surface area contributed by atoms with Crippen LogP contribution in [-0.4, -0.2) is 14.8 Å². The zero-order valence-electron chi connectivity index (χ0n) is 11.7. The zero-order valence-corrected chi connectivity index (χ0v) is 11.7. The van der Waals surface area contributed by atoms with E-state index in [9.17, 15) is 0 Å². The molecule has 2 rings (SSSR count). The van der Waals surface area contributed by atoms with E-state index >= 15 is 0 Å². The monoisotopic (exact) mass is 259 g/mol. The van der Waals surface area contributed by atoms with Crippen LogP contribution in [0, 0.1) is 6.92 Å². The number of aromatic nitrogens is 3. The van der Waals surface area contributed by atoms with Gasteiger partial charge in [0.15, 0.2) is 0 Å². The molecular weight excluding hydrogens is 238 g/mol. The Hall–Kier alpha value is -1.72. The van der Waals surface area contributed by atoms with Gasteiger partial charge in [0.05, 0.1) is 17.4 Å². The van der Waals surface area contributed by atoms with Gasteiger partial charge in [0.2, 0.25) is 0 Å². The molecule has 0 spiro atoms. The molecule has 0 saturated heterocycles. The summed E-state index contributed by atoms with van der Waals surface area (Å²) in [6, 6.07) is 6.15. The molecule has 0 radical (unpaired) electrons. The van der Waals surface area contributed by atoms with Gasteiger partial charge < -0.3 is 0 Å². The lowest BCUT2D eigenvalue weighted by Gasteiger charge is -2.18. The molecule has 5 nitrogen and oxygen atoms in total. The molecular formula is C14H21N5. The average molecular weight is 259 g/mol. The second-order valence-electron chi connectivity index (χ2n) is 4.73. The highest BCUT2D eigenvalue weighted by molar-refractivity contribution is 5.24. The molecule has 0 aliphatic carbocycles. The van der Waals surface area contributed by atoms with E-state index in [4.69, 9.17) is 5.84 Å². The molecule has 102 valence electrons. The fourth-order valence-corrected chi connectivity index (χ4v) is 2.36. The molecule has 0 bridgehead atoms. The molecule has 2 heterocycles. The third-order valence-corrected chi connectivity index (χ3v) is 3.35. The van der Waals surface area contributed by atoms with Crippen molar-refractivity contribution in [1.29, 1.82) is 0 Å². The van der Waals surface area contributed by atoms with E-state index in [-0.39, 0.29) is 6.04 Å². The van der Waals surface area contributed by atoms with Gasteiger partial charge in [-0.3, -0.25) is 20.9 Å². The van der Waals surface area contributed by atoms with Crippen molar-refractivity contribution in [3.63, 3.8) is 0 Å². The van der Waals surface area contributed by atoms with E-state index in [1.54, 1.807) is 0 Å². The van der Waals surface area contributed by atoms with Crippen LogP contribution in [0.5, 0.6) is 0 Å². The highest BCUT2D eigenvalue weighted by atomic mass is 15.3. The average Bonchev–Trinajstić information content (AvgIpc) is 2.74. The molecule has 19 heavy (non-hydrogen) atoms. The van der Waals surface area contributed by atoms with Crippen LogP contribution in [0.15, 0.2) is 24.4 Å². The number of pyridine rings is 1. The highest BCUT2D eigenvalue weighted by Crippen LogP contribution is 2.20. The van der Waals surface area contributed by atoms with Crippen molar-refractivity contribution in [1.82, 2.24) is 20.2 Å². The number of hydrogen-bond acceptors (Lipinski definition) is 4. The summed E-state index contributed by atoms with van der Waals surface area (Å²) in [5.74, 6) is 5.71. The fourth-order valence-electron chi connectivity index (χ4n) is 2.36. The van der Waals surface area contributed by atoms with Crippen molar-refractivity contribution in [2.75, 3.05) is 0 Å². The first-order valence-electron chi connectivity index (χ1n) is 6.55. The van der Waals surface area contributed by atoms with Gasteiger partial charge in [-0.1, -0.05) is 13.0 Å². The van der Waals surface area contributed by atoms with Gasteiger partial charge in [0.1, 0.15) is 0 Å². The fraction of sp³-hybridized carbons (Fsp3) is 0.429. The molecule has 0 aliphatic heterocycles. The first kappa shape index (κ1) is 13.7. The van der Waals surface area contributed by atoms with Gasteiger partial charge in [-0.15, -0.1) is 0 Å². The largest absolute Gasteiger partial charge is 0.272 e. The van der Waals surface area contributed by atoms with Crippen molar-refractivity contribution in [3.05, 3.63) is 47.0 Å². The molecule has 0 aliphatic rings. The number of hydrazine groups is 1. The Morgan fingerprint density at radius 1 is 1.47 bits per heavy atom. The summed E-state index contributed by atoms with van der Waals surface area (Å²) >= 11 is 0. The third-order valence-electron chi connectivity index (χ3n) is 3.35. The molecule has 2 aromatic rings. The van der Waals surface area contributed by atoms with E-state index in [0.717, 1.165) is 29.9 Å². The van der Waals surface area contributed by atoms with Gasteiger partial charge in [0.25, 0.3) is 0 Å². The van der Waals surface area contributed by atoms with Crippen LogP contribution in [0.2, 0.25) is 0 Å². The van der Waals surface area contributed by atoms with Crippen LogP contribution in [0.4, 0.5) is 0 Å². The Morgan fingerprint density at radius 3 is 2.84 bits per heavy atom.